The molecule has 0 saturated carbocycles. The fraction of sp³-hybridized carbons (Fsp3) is 1.00. The fourth-order valence-corrected chi connectivity index (χ4v) is 5.43. The molecule has 0 bridgehead atoms. The number of hydrogen-bond acceptors (Lipinski definition) is 21. The van der Waals surface area contributed by atoms with Gasteiger partial charge in [-0.05, 0) is 0 Å². The van der Waals surface area contributed by atoms with E-state index in [-0.39, 0.29) is 0 Å². The van der Waals surface area contributed by atoms with Crippen molar-refractivity contribution in [2.24, 2.45) is 0 Å². The molecule has 0 radical (unpaired) electrons. The van der Waals surface area contributed by atoms with E-state index in [1.807, 2.05) is 0 Å². The van der Waals surface area contributed by atoms with Crippen molar-refractivity contribution in [1.29, 1.82) is 0 Å². The highest BCUT2D eigenvalue weighted by molar-refractivity contribution is 4.96. The second-order valence-corrected chi connectivity index (χ2v) is 11.2. The molecule has 0 aromatic rings. The van der Waals surface area contributed by atoms with E-state index in [2.05, 4.69) is 0 Å². The SMILES string of the molecule is OC[C@H]1O[C@@H](O[C@H]2[C@H](O)[C@H](O)[C@H](O[C@@H]3[C@H](O)[C@H](O)O[C@H](CO[C@@H]4O[C@H](CO)[C@@H](O)[C@H](O)[C@H]4O)[C@H]3O)O[C@@H]2CO)[C@@H](O)[C@@H](O)[C@@H]1O. The predicted octanol–water partition coefficient (Wildman–Crippen LogP) is -9.75. The van der Waals surface area contributed by atoms with Gasteiger partial charge in [0.1, 0.15) is 97.7 Å². The maximum Gasteiger partial charge on any atom is 0.187 e. The minimum absolute atomic E-state index is 0.682. The highest BCUT2D eigenvalue weighted by atomic mass is 16.8. The molecule has 45 heavy (non-hydrogen) atoms. The first-order chi connectivity index (χ1) is 21.2. The zero-order chi connectivity index (χ0) is 33.3. The van der Waals surface area contributed by atoms with Crippen LogP contribution in [-0.2, 0) is 33.2 Å². The molecular formula is C24H42O21. The van der Waals surface area contributed by atoms with Crippen molar-refractivity contribution in [3.8, 4) is 0 Å². The van der Waals surface area contributed by atoms with Gasteiger partial charge < -0.3 is 105 Å². The smallest absolute Gasteiger partial charge is 0.187 e. The van der Waals surface area contributed by atoms with Crippen molar-refractivity contribution in [3.63, 3.8) is 0 Å². The summed E-state index contributed by atoms with van der Waals surface area (Å²) in [4.78, 5) is 0. The van der Waals surface area contributed by atoms with Crippen LogP contribution in [-0.4, -0.2) is 221 Å². The monoisotopic (exact) mass is 666 g/mol. The molecule has 4 saturated heterocycles. The molecule has 4 aliphatic rings. The minimum Gasteiger partial charge on any atom is -0.394 e. The van der Waals surface area contributed by atoms with Gasteiger partial charge in [-0.3, -0.25) is 0 Å². The summed E-state index contributed by atoms with van der Waals surface area (Å²) in [7, 11) is 0. The lowest BCUT2D eigenvalue weighted by atomic mass is 9.96. The summed E-state index contributed by atoms with van der Waals surface area (Å²) in [6.45, 7) is -3.11. The first-order valence-corrected chi connectivity index (χ1v) is 14.1. The Hall–Kier alpha value is -0.840. The summed E-state index contributed by atoms with van der Waals surface area (Å²) in [6.07, 6.45) is -35.1. The Labute approximate surface area is 254 Å². The second-order valence-electron chi connectivity index (χ2n) is 11.2. The van der Waals surface area contributed by atoms with E-state index < -0.39 is 149 Å². The van der Waals surface area contributed by atoms with Crippen LogP contribution in [0.3, 0.4) is 0 Å². The van der Waals surface area contributed by atoms with Crippen LogP contribution in [0.25, 0.3) is 0 Å². The molecule has 4 fully saturated rings. The average molecular weight is 667 g/mol. The van der Waals surface area contributed by atoms with E-state index in [1.165, 1.54) is 0 Å². The minimum atomic E-state index is -2.04. The highest BCUT2D eigenvalue weighted by Crippen LogP contribution is 2.32. The average Bonchev–Trinajstić information content (AvgIpc) is 3.03. The van der Waals surface area contributed by atoms with Gasteiger partial charge in [0, 0.05) is 0 Å². The summed E-state index contributed by atoms with van der Waals surface area (Å²) < 4.78 is 37.4. The number of rotatable bonds is 10. The second kappa shape index (κ2) is 15.6. The summed E-state index contributed by atoms with van der Waals surface area (Å²) in [5.74, 6) is 0. The van der Waals surface area contributed by atoms with Gasteiger partial charge in [-0.25, -0.2) is 0 Å². The Morgan fingerprint density at radius 1 is 0.378 bits per heavy atom. The van der Waals surface area contributed by atoms with Crippen LogP contribution >= 0.6 is 0 Å². The maximum absolute atomic E-state index is 10.9. The van der Waals surface area contributed by atoms with Gasteiger partial charge in [0.25, 0.3) is 0 Å². The molecule has 21 heteroatoms. The van der Waals surface area contributed by atoms with Crippen LogP contribution in [0, 0.1) is 0 Å². The van der Waals surface area contributed by atoms with Crippen LogP contribution in [0.1, 0.15) is 0 Å². The first kappa shape index (κ1) is 37.0. The van der Waals surface area contributed by atoms with Crippen LogP contribution < -0.4 is 0 Å². The van der Waals surface area contributed by atoms with Gasteiger partial charge in [0.2, 0.25) is 0 Å². The number of aliphatic hydroxyl groups is 14. The largest absolute Gasteiger partial charge is 0.394 e. The van der Waals surface area contributed by atoms with E-state index >= 15 is 0 Å². The maximum atomic E-state index is 10.9. The van der Waals surface area contributed by atoms with Gasteiger partial charge in [0.05, 0.1) is 26.4 Å². The molecule has 4 aliphatic heterocycles. The topological polar surface area (TPSA) is 348 Å². The van der Waals surface area contributed by atoms with E-state index in [1.54, 1.807) is 0 Å². The molecule has 0 amide bonds. The zero-order valence-electron chi connectivity index (χ0n) is 23.5. The molecule has 4 heterocycles. The van der Waals surface area contributed by atoms with Crippen LogP contribution in [0.5, 0.6) is 0 Å². The summed E-state index contributed by atoms with van der Waals surface area (Å²) >= 11 is 0. The molecule has 0 spiro atoms. The van der Waals surface area contributed by atoms with E-state index in [0.29, 0.717) is 0 Å². The fourth-order valence-electron chi connectivity index (χ4n) is 5.43. The Morgan fingerprint density at radius 3 is 1.36 bits per heavy atom. The van der Waals surface area contributed by atoms with Gasteiger partial charge in [-0.15, -0.1) is 0 Å². The summed E-state index contributed by atoms with van der Waals surface area (Å²) in [5.41, 5.74) is 0. The molecule has 0 aromatic carbocycles. The molecule has 4 rings (SSSR count). The zero-order valence-corrected chi connectivity index (χ0v) is 23.5. The Bertz CT molecular complexity index is 912. The van der Waals surface area contributed by atoms with Crippen molar-refractivity contribution in [3.05, 3.63) is 0 Å². The van der Waals surface area contributed by atoms with Crippen molar-refractivity contribution < 1.29 is 105 Å². The molecule has 0 aliphatic carbocycles. The Balaban J connectivity index is 1.41. The first-order valence-electron chi connectivity index (χ1n) is 14.1. The normalized spacial score (nSPS) is 52.9. The number of ether oxygens (including phenoxy) is 7. The lowest BCUT2D eigenvalue weighted by molar-refractivity contribution is -0.380. The molecule has 21 nitrogen and oxygen atoms in total. The number of aliphatic hydroxyl groups excluding tert-OH is 14. The summed E-state index contributed by atoms with van der Waals surface area (Å²) in [6, 6.07) is 0. The lowest BCUT2D eigenvalue weighted by Gasteiger charge is -2.48. The van der Waals surface area contributed by atoms with Crippen molar-refractivity contribution in [2.75, 3.05) is 26.4 Å². The third kappa shape index (κ3) is 7.59. The Morgan fingerprint density at radius 2 is 0.822 bits per heavy atom. The van der Waals surface area contributed by atoms with Crippen LogP contribution in [0.2, 0.25) is 0 Å². The van der Waals surface area contributed by atoms with Gasteiger partial charge in [-0.2, -0.15) is 0 Å². The molecule has 264 valence electrons. The quantitative estimate of drug-likeness (QED) is 0.103. The van der Waals surface area contributed by atoms with Crippen molar-refractivity contribution >= 4 is 0 Å². The molecule has 0 unspecified atom stereocenters. The van der Waals surface area contributed by atoms with Crippen LogP contribution in [0.4, 0.5) is 0 Å². The molecule has 20 atom stereocenters. The van der Waals surface area contributed by atoms with E-state index in [4.69, 9.17) is 33.2 Å². The van der Waals surface area contributed by atoms with Crippen molar-refractivity contribution in [1.82, 2.24) is 0 Å². The third-order valence-electron chi connectivity index (χ3n) is 8.19. The third-order valence-corrected chi connectivity index (χ3v) is 8.19. The van der Waals surface area contributed by atoms with Gasteiger partial charge >= 0.3 is 0 Å². The van der Waals surface area contributed by atoms with Crippen molar-refractivity contribution in [2.45, 2.75) is 123 Å². The summed E-state index contributed by atoms with van der Waals surface area (Å²) in [5, 5.41) is 142. The van der Waals surface area contributed by atoms with E-state index in [0.717, 1.165) is 0 Å². The standard InChI is InChI=1S/C24H42O21/c25-1-5-9(28)12(31)15(34)22(41-5)39-4-8-11(30)20(18(37)21(38)40-8)45-24-17(36)14(33)19(7(3-27)43-24)44-23-16(35)13(32)10(29)6(2-26)42-23/h5-38H,1-4H2/t5-,6-,7-,8-,9-,10-,11-,12+,13+,14-,15-,16+,17+,18+,19-,20+,21-,22-,23+,24+/m1/s1. The Kier molecular flexibility index (Phi) is 12.8. The van der Waals surface area contributed by atoms with Gasteiger partial charge in [-0.1, -0.05) is 0 Å². The van der Waals surface area contributed by atoms with E-state index in [9.17, 15) is 71.5 Å². The van der Waals surface area contributed by atoms with Crippen LogP contribution in [0.15, 0.2) is 0 Å². The number of hydrogen-bond donors (Lipinski definition) is 14. The molecule has 0 aromatic heterocycles. The predicted molar refractivity (Wildman–Crippen MR) is 134 cm³/mol. The highest BCUT2D eigenvalue weighted by Gasteiger charge is 2.54. The molecule has 14 N–H and O–H groups in total. The van der Waals surface area contributed by atoms with Gasteiger partial charge in [0.15, 0.2) is 25.2 Å². The molecular weight excluding hydrogens is 624 g/mol. The lowest BCUT2D eigenvalue weighted by Crippen LogP contribution is -2.66.